The van der Waals surface area contributed by atoms with Gasteiger partial charge in [0, 0.05) is 5.56 Å². The smallest absolute Gasteiger partial charge is 0.339 e. The first-order valence-electron chi connectivity index (χ1n) is 5.64. The van der Waals surface area contributed by atoms with Gasteiger partial charge in [0.25, 0.3) is 0 Å². The molecule has 0 aliphatic rings. The molecule has 0 amide bonds. The van der Waals surface area contributed by atoms with E-state index in [2.05, 4.69) is 9.97 Å². The first-order chi connectivity index (χ1) is 8.49. The normalized spacial score (nSPS) is 10.4. The zero-order chi connectivity index (χ0) is 13.3. The zero-order valence-electron chi connectivity index (χ0n) is 10.6. The Kier molecular flexibility index (Phi) is 3.10. The lowest BCUT2D eigenvalue weighted by Crippen LogP contribution is -2.08. The van der Waals surface area contributed by atoms with Crippen molar-refractivity contribution in [2.45, 2.75) is 20.8 Å². The Morgan fingerprint density at radius 2 is 1.50 bits per heavy atom. The van der Waals surface area contributed by atoms with Crippen LogP contribution in [0.2, 0.25) is 0 Å². The van der Waals surface area contributed by atoms with Crippen LogP contribution in [0.1, 0.15) is 27.3 Å². The van der Waals surface area contributed by atoms with Crippen molar-refractivity contribution in [3.8, 4) is 11.4 Å². The number of benzene rings is 1. The maximum atomic E-state index is 11.1. The average molecular weight is 242 g/mol. The van der Waals surface area contributed by atoms with Crippen molar-refractivity contribution < 1.29 is 9.90 Å². The number of carboxylic acids is 1. The predicted octanol–water partition coefficient (Wildman–Crippen LogP) is 2.77. The first-order valence-corrected chi connectivity index (χ1v) is 5.64. The Labute approximate surface area is 105 Å². The largest absolute Gasteiger partial charge is 0.478 e. The molecule has 0 atom stereocenters. The molecular formula is C14H14N2O2. The minimum atomic E-state index is -0.986. The van der Waals surface area contributed by atoms with E-state index in [0.29, 0.717) is 17.2 Å². The fraction of sp³-hybridized carbons (Fsp3) is 0.214. The quantitative estimate of drug-likeness (QED) is 0.879. The van der Waals surface area contributed by atoms with Crippen LogP contribution in [0.15, 0.2) is 24.3 Å². The molecular weight excluding hydrogens is 228 g/mol. The third-order valence-corrected chi connectivity index (χ3v) is 2.79. The Balaban J connectivity index is 2.54. The number of aryl methyl sites for hydroxylation is 3. The van der Waals surface area contributed by atoms with Crippen LogP contribution < -0.4 is 0 Å². The molecule has 1 N–H and O–H groups in total. The van der Waals surface area contributed by atoms with Crippen molar-refractivity contribution in [1.29, 1.82) is 0 Å². The Hall–Kier alpha value is -2.23. The molecule has 0 bridgehead atoms. The first kappa shape index (κ1) is 12.2. The van der Waals surface area contributed by atoms with E-state index in [0.717, 1.165) is 11.1 Å². The number of hydrogen-bond donors (Lipinski definition) is 1. The maximum Gasteiger partial charge on any atom is 0.339 e. The molecule has 2 rings (SSSR count). The van der Waals surface area contributed by atoms with Crippen LogP contribution in [-0.2, 0) is 0 Å². The van der Waals surface area contributed by atoms with Gasteiger partial charge in [0.2, 0.25) is 0 Å². The molecule has 2 aromatic rings. The SMILES string of the molecule is Cc1ccc(-c2nc(C)c(C(=O)O)c(C)n2)cc1. The average Bonchev–Trinajstić information content (AvgIpc) is 2.28. The van der Waals surface area contributed by atoms with Crippen molar-refractivity contribution in [2.24, 2.45) is 0 Å². The summed E-state index contributed by atoms with van der Waals surface area (Å²) in [5, 5.41) is 9.06. The molecule has 0 unspecified atom stereocenters. The molecule has 1 aromatic heterocycles. The Morgan fingerprint density at radius 3 is 1.94 bits per heavy atom. The number of hydrogen-bond acceptors (Lipinski definition) is 3. The standard InChI is InChI=1S/C14H14N2O2/c1-8-4-6-11(7-5-8)13-15-9(2)12(14(17)18)10(3)16-13/h4-7H,1-3H3,(H,17,18). The molecule has 0 aliphatic heterocycles. The Morgan fingerprint density at radius 1 is 1.00 bits per heavy atom. The number of aromatic carboxylic acids is 1. The van der Waals surface area contributed by atoms with Gasteiger partial charge in [-0.2, -0.15) is 0 Å². The third kappa shape index (κ3) is 2.22. The van der Waals surface area contributed by atoms with Crippen molar-refractivity contribution in [3.63, 3.8) is 0 Å². The minimum absolute atomic E-state index is 0.186. The van der Waals surface area contributed by atoms with Gasteiger partial charge < -0.3 is 5.11 Å². The van der Waals surface area contributed by atoms with E-state index < -0.39 is 5.97 Å². The molecule has 18 heavy (non-hydrogen) atoms. The van der Waals surface area contributed by atoms with Gasteiger partial charge >= 0.3 is 5.97 Å². The molecule has 0 saturated heterocycles. The van der Waals surface area contributed by atoms with Gasteiger partial charge in [-0.1, -0.05) is 29.8 Å². The fourth-order valence-corrected chi connectivity index (χ4v) is 1.86. The van der Waals surface area contributed by atoms with Gasteiger partial charge in [0.1, 0.15) is 5.56 Å². The van der Waals surface area contributed by atoms with Gasteiger partial charge in [-0.25, -0.2) is 14.8 Å². The zero-order valence-corrected chi connectivity index (χ0v) is 10.6. The van der Waals surface area contributed by atoms with Crippen molar-refractivity contribution in [1.82, 2.24) is 9.97 Å². The number of aromatic nitrogens is 2. The highest BCUT2D eigenvalue weighted by Crippen LogP contribution is 2.19. The van der Waals surface area contributed by atoms with E-state index in [9.17, 15) is 4.79 Å². The number of nitrogens with zero attached hydrogens (tertiary/aromatic N) is 2. The topological polar surface area (TPSA) is 63.1 Å². The summed E-state index contributed by atoms with van der Waals surface area (Å²) in [6.45, 7) is 5.39. The summed E-state index contributed by atoms with van der Waals surface area (Å²) < 4.78 is 0. The summed E-state index contributed by atoms with van der Waals surface area (Å²) in [6, 6.07) is 7.83. The second-order valence-electron chi connectivity index (χ2n) is 4.26. The maximum absolute atomic E-state index is 11.1. The molecule has 0 saturated carbocycles. The van der Waals surface area contributed by atoms with E-state index in [1.165, 1.54) is 0 Å². The van der Waals surface area contributed by atoms with Gasteiger partial charge in [0.15, 0.2) is 5.82 Å². The van der Waals surface area contributed by atoms with Crippen LogP contribution in [0.3, 0.4) is 0 Å². The molecule has 92 valence electrons. The van der Waals surface area contributed by atoms with E-state index in [-0.39, 0.29) is 5.56 Å². The highest BCUT2D eigenvalue weighted by Gasteiger charge is 2.15. The third-order valence-electron chi connectivity index (χ3n) is 2.79. The second-order valence-corrected chi connectivity index (χ2v) is 4.26. The summed E-state index contributed by atoms with van der Waals surface area (Å²) in [5.74, 6) is -0.421. The minimum Gasteiger partial charge on any atom is -0.478 e. The van der Waals surface area contributed by atoms with E-state index in [1.54, 1.807) is 13.8 Å². The molecule has 0 fully saturated rings. The van der Waals surface area contributed by atoms with E-state index >= 15 is 0 Å². The monoisotopic (exact) mass is 242 g/mol. The second kappa shape index (κ2) is 4.56. The summed E-state index contributed by atoms with van der Waals surface area (Å²) in [6.07, 6.45) is 0. The van der Waals surface area contributed by atoms with E-state index in [4.69, 9.17) is 5.11 Å². The van der Waals surface area contributed by atoms with Gasteiger partial charge in [-0.05, 0) is 20.8 Å². The molecule has 4 nitrogen and oxygen atoms in total. The highest BCUT2D eigenvalue weighted by molar-refractivity contribution is 5.90. The van der Waals surface area contributed by atoms with Crippen molar-refractivity contribution >= 4 is 5.97 Å². The molecule has 4 heteroatoms. The van der Waals surface area contributed by atoms with Crippen LogP contribution in [0.5, 0.6) is 0 Å². The molecule has 0 spiro atoms. The highest BCUT2D eigenvalue weighted by atomic mass is 16.4. The van der Waals surface area contributed by atoms with Crippen LogP contribution in [0.25, 0.3) is 11.4 Å². The summed E-state index contributed by atoms with van der Waals surface area (Å²) in [5.41, 5.74) is 3.22. The lowest BCUT2D eigenvalue weighted by molar-refractivity contribution is 0.0694. The van der Waals surface area contributed by atoms with Crippen LogP contribution in [0.4, 0.5) is 0 Å². The van der Waals surface area contributed by atoms with Gasteiger partial charge in [0.05, 0.1) is 11.4 Å². The number of rotatable bonds is 2. The number of carbonyl (C=O) groups is 1. The fourth-order valence-electron chi connectivity index (χ4n) is 1.86. The number of carboxylic acid groups (broad SMARTS) is 1. The van der Waals surface area contributed by atoms with Crippen molar-refractivity contribution in [3.05, 3.63) is 46.8 Å². The van der Waals surface area contributed by atoms with Crippen molar-refractivity contribution in [2.75, 3.05) is 0 Å². The lowest BCUT2D eigenvalue weighted by Gasteiger charge is -2.07. The van der Waals surface area contributed by atoms with Crippen LogP contribution in [-0.4, -0.2) is 21.0 Å². The molecule has 0 radical (unpaired) electrons. The summed E-state index contributed by atoms with van der Waals surface area (Å²) >= 11 is 0. The van der Waals surface area contributed by atoms with Crippen LogP contribution >= 0.6 is 0 Å². The summed E-state index contributed by atoms with van der Waals surface area (Å²) in [7, 11) is 0. The van der Waals surface area contributed by atoms with Gasteiger partial charge in [-0.3, -0.25) is 0 Å². The van der Waals surface area contributed by atoms with Crippen LogP contribution in [0, 0.1) is 20.8 Å². The molecule has 1 aromatic carbocycles. The van der Waals surface area contributed by atoms with Gasteiger partial charge in [-0.15, -0.1) is 0 Å². The van der Waals surface area contributed by atoms with E-state index in [1.807, 2.05) is 31.2 Å². The predicted molar refractivity (Wildman–Crippen MR) is 68.6 cm³/mol. The summed E-state index contributed by atoms with van der Waals surface area (Å²) in [4.78, 5) is 19.6. The lowest BCUT2D eigenvalue weighted by atomic mass is 10.1. The molecule has 0 aliphatic carbocycles. The Bertz CT molecular complexity index is 581. The molecule has 1 heterocycles.